The minimum Gasteiger partial charge on any atom is -0.507 e. The SMILES string of the molecule is O=C1C=CC(=O)c2c(O)c(OS(=O)(=O)C(F)(F)F)cc(O)c21. The molecule has 0 fully saturated rings. The maximum atomic E-state index is 12.2. The fourth-order valence-electron chi connectivity index (χ4n) is 1.67. The number of ketones is 2. The van der Waals surface area contributed by atoms with E-state index in [1.807, 2.05) is 0 Å². The summed E-state index contributed by atoms with van der Waals surface area (Å²) in [4.78, 5) is 23.1. The molecule has 2 N–H and O–H groups in total. The standard InChI is InChI=1S/C11H5F3O7S/c12-11(13,14)22(19,20)21-7-3-6(17)8-4(15)1-2-5(16)9(8)10(7)18/h1-3,17-18H. The predicted molar refractivity (Wildman–Crippen MR) is 63.2 cm³/mol. The molecule has 0 spiro atoms. The highest BCUT2D eigenvalue weighted by molar-refractivity contribution is 7.88. The predicted octanol–water partition coefficient (Wildman–Crippen LogP) is 1.26. The number of phenols is 2. The summed E-state index contributed by atoms with van der Waals surface area (Å²) in [5.74, 6) is -5.55. The number of rotatable bonds is 2. The summed E-state index contributed by atoms with van der Waals surface area (Å²) in [6.07, 6.45) is 1.47. The highest BCUT2D eigenvalue weighted by Crippen LogP contribution is 2.42. The van der Waals surface area contributed by atoms with Crippen molar-refractivity contribution in [2.24, 2.45) is 0 Å². The molecule has 0 bridgehead atoms. The van der Waals surface area contributed by atoms with Crippen LogP contribution < -0.4 is 4.18 Å². The van der Waals surface area contributed by atoms with E-state index in [0.717, 1.165) is 6.08 Å². The van der Waals surface area contributed by atoms with E-state index in [9.17, 15) is 41.4 Å². The van der Waals surface area contributed by atoms with Crippen LogP contribution in [0.25, 0.3) is 0 Å². The van der Waals surface area contributed by atoms with Crippen LogP contribution in [0.4, 0.5) is 13.2 Å². The molecule has 118 valence electrons. The van der Waals surface area contributed by atoms with Crippen molar-refractivity contribution in [3.8, 4) is 17.2 Å². The van der Waals surface area contributed by atoms with Crippen LogP contribution in [-0.2, 0) is 10.1 Å². The van der Waals surface area contributed by atoms with Gasteiger partial charge in [0.15, 0.2) is 23.1 Å². The van der Waals surface area contributed by atoms with Gasteiger partial charge in [-0.15, -0.1) is 0 Å². The number of alkyl halides is 3. The van der Waals surface area contributed by atoms with E-state index in [0.29, 0.717) is 12.1 Å². The van der Waals surface area contributed by atoms with E-state index < -0.39 is 55.6 Å². The molecule has 1 aromatic rings. The van der Waals surface area contributed by atoms with Crippen LogP contribution in [0, 0.1) is 0 Å². The Bertz CT molecular complexity index is 821. The molecule has 0 radical (unpaired) electrons. The highest BCUT2D eigenvalue weighted by atomic mass is 32.2. The Morgan fingerprint density at radius 2 is 1.50 bits per heavy atom. The summed E-state index contributed by atoms with van der Waals surface area (Å²) in [5.41, 5.74) is -7.30. The first-order chi connectivity index (χ1) is 9.95. The molecule has 7 nitrogen and oxygen atoms in total. The fourth-order valence-corrected chi connectivity index (χ4v) is 2.13. The molecule has 0 atom stereocenters. The molecule has 0 unspecified atom stereocenters. The van der Waals surface area contributed by atoms with Gasteiger partial charge in [0, 0.05) is 6.07 Å². The van der Waals surface area contributed by atoms with Crippen LogP contribution in [0.3, 0.4) is 0 Å². The first-order valence-corrected chi connectivity index (χ1v) is 6.73. The van der Waals surface area contributed by atoms with Gasteiger partial charge in [-0.3, -0.25) is 9.59 Å². The second-order valence-corrected chi connectivity index (χ2v) is 5.58. The maximum absolute atomic E-state index is 12.2. The zero-order valence-electron chi connectivity index (χ0n) is 10.2. The van der Waals surface area contributed by atoms with Gasteiger partial charge in [0.1, 0.15) is 5.75 Å². The molecule has 1 aliphatic rings. The molecule has 0 heterocycles. The lowest BCUT2D eigenvalue weighted by atomic mass is 9.92. The van der Waals surface area contributed by atoms with Crippen molar-refractivity contribution >= 4 is 21.7 Å². The Labute approximate surface area is 120 Å². The fraction of sp³-hybridized carbons (Fsp3) is 0.0909. The van der Waals surface area contributed by atoms with Crippen LogP contribution in [0.5, 0.6) is 17.2 Å². The van der Waals surface area contributed by atoms with E-state index in [1.54, 1.807) is 0 Å². The second kappa shape index (κ2) is 4.73. The zero-order chi connectivity index (χ0) is 16.9. The van der Waals surface area contributed by atoms with Crippen LogP contribution in [0.2, 0.25) is 0 Å². The average Bonchev–Trinajstić information content (AvgIpc) is 2.36. The Hall–Kier alpha value is -2.56. The molecule has 0 saturated heterocycles. The lowest BCUT2D eigenvalue weighted by molar-refractivity contribution is -0.0500. The Kier molecular flexibility index (Phi) is 3.40. The molecule has 0 amide bonds. The molecular formula is C11H5F3O7S. The van der Waals surface area contributed by atoms with Crippen molar-refractivity contribution in [1.29, 1.82) is 0 Å². The number of carbonyl (C=O) groups is 2. The van der Waals surface area contributed by atoms with Crippen molar-refractivity contribution in [1.82, 2.24) is 0 Å². The molecule has 2 rings (SSSR count). The van der Waals surface area contributed by atoms with Gasteiger partial charge in [0.2, 0.25) is 0 Å². The smallest absolute Gasteiger partial charge is 0.507 e. The Balaban J connectivity index is 2.64. The highest BCUT2D eigenvalue weighted by Gasteiger charge is 2.49. The van der Waals surface area contributed by atoms with Crippen LogP contribution in [0.1, 0.15) is 20.7 Å². The largest absolute Gasteiger partial charge is 0.534 e. The molecule has 1 aromatic carbocycles. The van der Waals surface area contributed by atoms with Crippen LogP contribution >= 0.6 is 0 Å². The van der Waals surface area contributed by atoms with Crippen molar-refractivity contribution in [2.45, 2.75) is 5.51 Å². The third kappa shape index (κ3) is 2.39. The molecule has 22 heavy (non-hydrogen) atoms. The van der Waals surface area contributed by atoms with E-state index >= 15 is 0 Å². The Morgan fingerprint density at radius 1 is 1.00 bits per heavy atom. The first-order valence-electron chi connectivity index (χ1n) is 5.32. The number of aromatic hydroxyl groups is 2. The summed E-state index contributed by atoms with van der Waals surface area (Å²) >= 11 is 0. The maximum Gasteiger partial charge on any atom is 0.534 e. The van der Waals surface area contributed by atoms with Gasteiger partial charge < -0.3 is 14.4 Å². The molecule has 0 aliphatic heterocycles. The number of benzene rings is 1. The van der Waals surface area contributed by atoms with Gasteiger partial charge in [-0.05, 0) is 12.2 Å². The molecular weight excluding hydrogens is 333 g/mol. The summed E-state index contributed by atoms with van der Waals surface area (Å²) in [6, 6.07) is 0.293. The number of hydrogen-bond donors (Lipinski definition) is 2. The van der Waals surface area contributed by atoms with Gasteiger partial charge in [0.05, 0.1) is 11.1 Å². The lowest BCUT2D eigenvalue weighted by Crippen LogP contribution is -2.28. The Morgan fingerprint density at radius 3 is 2.00 bits per heavy atom. The molecule has 0 saturated carbocycles. The minimum absolute atomic E-state index is 0.293. The quantitative estimate of drug-likeness (QED) is 0.473. The molecule has 11 heteroatoms. The summed E-state index contributed by atoms with van der Waals surface area (Å²) < 4.78 is 62.2. The van der Waals surface area contributed by atoms with E-state index in [4.69, 9.17) is 0 Å². The van der Waals surface area contributed by atoms with Crippen molar-refractivity contribution in [3.05, 3.63) is 29.3 Å². The van der Waals surface area contributed by atoms with Gasteiger partial charge in [0.25, 0.3) is 0 Å². The van der Waals surface area contributed by atoms with E-state index in [2.05, 4.69) is 4.18 Å². The van der Waals surface area contributed by atoms with Crippen molar-refractivity contribution in [3.63, 3.8) is 0 Å². The number of fused-ring (bicyclic) bond motifs is 1. The third-order valence-corrected chi connectivity index (χ3v) is 3.57. The number of halogens is 3. The van der Waals surface area contributed by atoms with Gasteiger partial charge in [-0.2, -0.15) is 21.6 Å². The van der Waals surface area contributed by atoms with Gasteiger partial charge >= 0.3 is 15.6 Å². The van der Waals surface area contributed by atoms with Gasteiger partial charge in [-0.25, -0.2) is 0 Å². The number of hydrogen-bond acceptors (Lipinski definition) is 7. The summed E-state index contributed by atoms with van der Waals surface area (Å²) in [6.45, 7) is 0. The normalized spacial score (nSPS) is 14.9. The molecule has 1 aliphatic carbocycles. The van der Waals surface area contributed by atoms with Crippen LogP contribution in [0.15, 0.2) is 18.2 Å². The number of phenolic OH excluding ortho intramolecular Hbond substituents is 2. The monoisotopic (exact) mass is 338 g/mol. The number of allylic oxidation sites excluding steroid dienone is 2. The minimum atomic E-state index is -6.13. The summed E-state index contributed by atoms with van der Waals surface area (Å²) in [5, 5.41) is 19.3. The third-order valence-electron chi connectivity index (χ3n) is 2.61. The topological polar surface area (TPSA) is 118 Å². The van der Waals surface area contributed by atoms with E-state index in [1.165, 1.54) is 0 Å². The van der Waals surface area contributed by atoms with Crippen molar-refractivity contribution in [2.75, 3.05) is 0 Å². The van der Waals surface area contributed by atoms with Crippen LogP contribution in [-0.4, -0.2) is 35.7 Å². The molecule has 0 aromatic heterocycles. The first kappa shape index (κ1) is 15.8. The second-order valence-electron chi connectivity index (χ2n) is 4.04. The lowest BCUT2D eigenvalue weighted by Gasteiger charge is -2.16. The van der Waals surface area contributed by atoms with E-state index in [-0.39, 0.29) is 0 Å². The average molecular weight is 338 g/mol. The zero-order valence-corrected chi connectivity index (χ0v) is 11.0. The van der Waals surface area contributed by atoms with Crippen molar-refractivity contribution < 1.29 is 45.6 Å². The number of carbonyl (C=O) groups excluding carboxylic acids is 2. The van der Waals surface area contributed by atoms with Gasteiger partial charge in [-0.1, -0.05) is 0 Å². The summed E-state index contributed by atoms with van der Waals surface area (Å²) in [7, 11) is -6.13.